The maximum absolute atomic E-state index is 12.5. The summed E-state index contributed by atoms with van der Waals surface area (Å²) < 4.78 is 6.45. The van der Waals surface area contributed by atoms with Gasteiger partial charge in [-0.2, -0.15) is 0 Å². The summed E-state index contributed by atoms with van der Waals surface area (Å²) in [5.74, 6) is -0.658. The average molecular weight is 477 g/mol. The molecule has 1 aromatic heterocycles. The summed E-state index contributed by atoms with van der Waals surface area (Å²) in [5.41, 5.74) is 4.89. The van der Waals surface area contributed by atoms with Crippen molar-refractivity contribution in [1.29, 1.82) is 0 Å². The van der Waals surface area contributed by atoms with E-state index in [9.17, 15) is 14.7 Å². The molecule has 1 unspecified atom stereocenters. The number of nitrogens with two attached hydrogens (primary N) is 1. The van der Waals surface area contributed by atoms with Crippen molar-refractivity contribution in [2.75, 3.05) is 19.6 Å². The highest BCUT2D eigenvalue weighted by Gasteiger charge is 2.41. The molecule has 4 N–H and O–H groups in total. The quantitative estimate of drug-likeness (QED) is 0.500. The van der Waals surface area contributed by atoms with Crippen LogP contribution < -0.4 is 15.8 Å². The van der Waals surface area contributed by atoms with Crippen LogP contribution in [0.15, 0.2) is 47.2 Å². The van der Waals surface area contributed by atoms with Gasteiger partial charge < -0.3 is 20.9 Å². The monoisotopic (exact) mass is 476 g/mol. The summed E-state index contributed by atoms with van der Waals surface area (Å²) in [6, 6.07) is 10.3. The number of rotatable bonds is 8. The highest BCUT2D eigenvalue weighted by Crippen LogP contribution is 2.19. The summed E-state index contributed by atoms with van der Waals surface area (Å²) >= 11 is 3.32. The zero-order valence-electron chi connectivity index (χ0n) is 16.5. The molecule has 1 saturated heterocycles. The number of piperidine rings is 1. The second kappa shape index (κ2) is 10.0. The van der Waals surface area contributed by atoms with Gasteiger partial charge in [0.05, 0.1) is 6.54 Å². The molecule has 160 valence electrons. The standard InChI is InChI=1S/C21H25BrN4O4/c22-18-12-15(8-9-24-18)13-30-17-6-4-16(5-7-17)19(27)25-14-21(29,20(23)28)26-10-2-1-3-11-26/h4-9,12,29H,1-3,10-11,13-14H2,(H2,23,28)(H,25,27). The third-order valence-corrected chi connectivity index (χ3v) is 5.52. The van der Waals surface area contributed by atoms with Crippen molar-refractivity contribution < 1.29 is 19.4 Å². The van der Waals surface area contributed by atoms with Crippen LogP contribution in [0.2, 0.25) is 0 Å². The lowest BCUT2D eigenvalue weighted by Crippen LogP contribution is -2.64. The van der Waals surface area contributed by atoms with Gasteiger partial charge in [-0.05, 0) is 70.7 Å². The molecule has 0 bridgehead atoms. The molecule has 1 aliphatic rings. The molecule has 2 heterocycles. The number of hydrogen-bond acceptors (Lipinski definition) is 6. The number of aliphatic hydroxyl groups is 1. The highest BCUT2D eigenvalue weighted by molar-refractivity contribution is 9.10. The maximum Gasteiger partial charge on any atom is 0.266 e. The van der Waals surface area contributed by atoms with Gasteiger partial charge in [-0.15, -0.1) is 0 Å². The van der Waals surface area contributed by atoms with Gasteiger partial charge in [0.2, 0.25) is 5.72 Å². The van der Waals surface area contributed by atoms with Crippen molar-refractivity contribution >= 4 is 27.7 Å². The van der Waals surface area contributed by atoms with E-state index in [1.54, 1.807) is 35.4 Å². The van der Waals surface area contributed by atoms with E-state index in [1.807, 2.05) is 12.1 Å². The first-order valence-corrected chi connectivity index (χ1v) is 10.6. The molecule has 0 saturated carbocycles. The summed E-state index contributed by atoms with van der Waals surface area (Å²) in [6.45, 7) is 1.23. The molecule has 8 nitrogen and oxygen atoms in total. The molecule has 0 aliphatic carbocycles. The third kappa shape index (κ3) is 5.56. The first-order chi connectivity index (χ1) is 14.4. The minimum absolute atomic E-state index is 0.268. The number of carbonyl (C=O) groups excluding carboxylic acids is 2. The molecular weight excluding hydrogens is 452 g/mol. The van der Waals surface area contributed by atoms with Crippen molar-refractivity contribution in [2.45, 2.75) is 31.6 Å². The third-order valence-electron chi connectivity index (χ3n) is 5.08. The average Bonchev–Trinajstić information content (AvgIpc) is 2.76. The van der Waals surface area contributed by atoms with Crippen LogP contribution in [-0.4, -0.2) is 52.2 Å². The minimum atomic E-state index is -1.89. The predicted octanol–water partition coefficient (Wildman–Crippen LogP) is 1.81. The van der Waals surface area contributed by atoms with E-state index < -0.39 is 17.5 Å². The van der Waals surface area contributed by atoms with Crippen LogP contribution in [0.4, 0.5) is 0 Å². The summed E-state index contributed by atoms with van der Waals surface area (Å²) in [6.07, 6.45) is 4.49. The van der Waals surface area contributed by atoms with Crippen LogP contribution in [0.5, 0.6) is 5.75 Å². The molecule has 30 heavy (non-hydrogen) atoms. The van der Waals surface area contributed by atoms with Crippen LogP contribution in [0, 0.1) is 0 Å². The van der Waals surface area contributed by atoms with Crippen molar-refractivity contribution in [3.05, 3.63) is 58.3 Å². The fourth-order valence-electron chi connectivity index (χ4n) is 3.33. The summed E-state index contributed by atoms with van der Waals surface area (Å²) in [4.78, 5) is 30.1. The van der Waals surface area contributed by atoms with Gasteiger partial charge in [0, 0.05) is 24.8 Å². The number of nitrogens with zero attached hydrogens (tertiary/aromatic N) is 2. The second-order valence-electron chi connectivity index (χ2n) is 7.21. The zero-order chi connectivity index (χ0) is 21.6. The van der Waals surface area contributed by atoms with E-state index in [0.29, 0.717) is 31.0 Å². The topological polar surface area (TPSA) is 118 Å². The molecule has 0 spiro atoms. The fraction of sp³-hybridized carbons (Fsp3) is 0.381. The number of halogens is 1. The molecule has 2 aromatic rings. The van der Waals surface area contributed by atoms with Crippen molar-refractivity contribution in [2.24, 2.45) is 5.73 Å². The Morgan fingerprint density at radius 1 is 1.20 bits per heavy atom. The summed E-state index contributed by atoms with van der Waals surface area (Å²) in [5, 5.41) is 13.4. The van der Waals surface area contributed by atoms with Gasteiger partial charge in [0.15, 0.2) is 0 Å². The number of ether oxygens (including phenoxy) is 1. The normalized spacial score (nSPS) is 16.5. The molecule has 0 radical (unpaired) electrons. The lowest BCUT2D eigenvalue weighted by atomic mass is 10.0. The van der Waals surface area contributed by atoms with E-state index in [4.69, 9.17) is 10.5 Å². The molecule has 1 atom stereocenters. The zero-order valence-corrected chi connectivity index (χ0v) is 18.1. The Morgan fingerprint density at radius 3 is 2.53 bits per heavy atom. The van der Waals surface area contributed by atoms with Gasteiger partial charge in [0.25, 0.3) is 11.8 Å². The number of hydrogen-bond donors (Lipinski definition) is 3. The van der Waals surface area contributed by atoms with Crippen LogP contribution >= 0.6 is 15.9 Å². The number of primary amides is 1. The number of pyridine rings is 1. The number of amides is 2. The first kappa shape index (κ1) is 22.2. The highest BCUT2D eigenvalue weighted by atomic mass is 79.9. The number of nitrogens with one attached hydrogen (secondary N) is 1. The van der Waals surface area contributed by atoms with Crippen LogP contribution in [0.3, 0.4) is 0 Å². The summed E-state index contributed by atoms with van der Waals surface area (Å²) in [7, 11) is 0. The van der Waals surface area contributed by atoms with Crippen LogP contribution in [-0.2, 0) is 11.4 Å². The van der Waals surface area contributed by atoms with Gasteiger partial charge in [-0.1, -0.05) is 6.42 Å². The fourth-order valence-corrected chi connectivity index (χ4v) is 3.74. The van der Waals surface area contributed by atoms with E-state index in [-0.39, 0.29) is 6.54 Å². The Kier molecular flexibility index (Phi) is 7.41. The molecule has 2 amide bonds. The lowest BCUT2D eigenvalue weighted by molar-refractivity contribution is -0.161. The molecule has 3 rings (SSSR count). The van der Waals surface area contributed by atoms with Crippen molar-refractivity contribution in [3.8, 4) is 5.75 Å². The molecule has 1 aromatic carbocycles. The Hall–Kier alpha value is -2.49. The lowest BCUT2D eigenvalue weighted by Gasteiger charge is -2.39. The van der Waals surface area contributed by atoms with E-state index in [1.165, 1.54) is 0 Å². The SMILES string of the molecule is NC(=O)C(O)(CNC(=O)c1ccc(OCc2ccnc(Br)c2)cc1)N1CCCCC1. The van der Waals surface area contributed by atoms with Gasteiger partial charge in [0.1, 0.15) is 17.0 Å². The van der Waals surface area contributed by atoms with E-state index >= 15 is 0 Å². The number of benzene rings is 1. The number of aromatic nitrogens is 1. The largest absolute Gasteiger partial charge is 0.489 e. The van der Waals surface area contributed by atoms with Crippen LogP contribution in [0.25, 0.3) is 0 Å². The molecular formula is C21H25BrN4O4. The predicted molar refractivity (Wildman–Crippen MR) is 115 cm³/mol. The smallest absolute Gasteiger partial charge is 0.266 e. The van der Waals surface area contributed by atoms with Gasteiger partial charge >= 0.3 is 0 Å². The van der Waals surface area contributed by atoms with Gasteiger partial charge in [-0.25, -0.2) is 4.98 Å². The first-order valence-electron chi connectivity index (χ1n) is 9.77. The van der Waals surface area contributed by atoms with Crippen molar-refractivity contribution in [3.63, 3.8) is 0 Å². The number of carbonyl (C=O) groups is 2. The Labute approximate surface area is 183 Å². The van der Waals surface area contributed by atoms with Gasteiger partial charge in [-0.3, -0.25) is 14.5 Å². The molecule has 9 heteroatoms. The van der Waals surface area contributed by atoms with Crippen molar-refractivity contribution in [1.82, 2.24) is 15.2 Å². The van der Waals surface area contributed by atoms with Crippen LogP contribution in [0.1, 0.15) is 35.2 Å². The Morgan fingerprint density at radius 2 is 1.90 bits per heavy atom. The number of likely N-dealkylation sites (tertiary alicyclic amines) is 1. The van der Waals surface area contributed by atoms with E-state index in [0.717, 1.165) is 29.4 Å². The maximum atomic E-state index is 12.5. The van der Waals surface area contributed by atoms with E-state index in [2.05, 4.69) is 26.2 Å². The minimum Gasteiger partial charge on any atom is -0.489 e. The Balaban J connectivity index is 1.56. The molecule has 1 fully saturated rings. The molecule has 1 aliphatic heterocycles. The Bertz CT molecular complexity index is 887. The second-order valence-corrected chi connectivity index (χ2v) is 8.02.